The van der Waals surface area contributed by atoms with Crippen LogP contribution in [-0.2, 0) is 14.3 Å². The maximum absolute atomic E-state index is 13.6. The lowest BCUT2D eigenvalue weighted by Crippen LogP contribution is -2.57. The van der Waals surface area contributed by atoms with Gasteiger partial charge < -0.3 is 29.9 Å². The van der Waals surface area contributed by atoms with Gasteiger partial charge in [0, 0.05) is 42.7 Å². The van der Waals surface area contributed by atoms with Crippen LogP contribution in [0.2, 0.25) is 0 Å². The summed E-state index contributed by atoms with van der Waals surface area (Å²) in [6.45, 7) is 9.39. The average Bonchev–Trinajstić information content (AvgIpc) is 3.60. The Labute approximate surface area is 226 Å². The maximum Gasteiger partial charge on any atom is 0.251 e. The smallest absolute Gasteiger partial charge is 0.251 e. The summed E-state index contributed by atoms with van der Waals surface area (Å²) < 4.78 is 5.40. The fourth-order valence-corrected chi connectivity index (χ4v) is 6.11. The van der Waals surface area contributed by atoms with Gasteiger partial charge in [-0.1, -0.05) is 32.9 Å². The van der Waals surface area contributed by atoms with Crippen molar-refractivity contribution in [2.24, 2.45) is 5.41 Å². The van der Waals surface area contributed by atoms with E-state index in [2.05, 4.69) is 22.2 Å². The molecule has 1 aromatic heterocycles. The Morgan fingerprint density at radius 3 is 2.50 bits per heavy atom. The quantitative estimate of drug-likeness (QED) is 0.581. The number of thiazole rings is 1. The second kappa shape index (κ2) is 10.4. The predicted octanol–water partition coefficient (Wildman–Crippen LogP) is 1.25. The third-order valence-corrected chi connectivity index (χ3v) is 8.44. The predicted molar refractivity (Wildman–Crippen MR) is 144 cm³/mol. The molecule has 204 valence electrons. The van der Waals surface area contributed by atoms with Crippen LogP contribution in [-0.4, -0.2) is 108 Å². The Morgan fingerprint density at radius 2 is 1.84 bits per heavy atom. The summed E-state index contributed by atoms with van der Waals surface area (Å²) in [6.07, 6.45) is -1.64. The number of likely N-dealkylation sites (N-methyl/N-ethyl adjacent to an activating group) is 1. The number of carbonyl (C=O) groups excluding carboxylic acids is 3. The van der Waals surface area contributed by atoms with E-state index in [0.29, 0.717) is 5.56 Å². The molecule has 0 aliphatic carbocycles. The van der Waals surface area contributed by atoms with Crippen molar-refractivity contribution < 1.29 is 24.2 Å². The van der Waals surface area contributed by atoms with Gasteiger partial charge in [0.25, 0.3) is 5.91 Å². The third kappa shape index (κ3) is 5.20. The van der Waals surface area contributed by atoms with Gasteiger partial charge in [-0.15, -0.1) is 11.3 Å². The second-order valence-electron chi connectivity index (χ2n) is 11.4. The van der Waals surface area contributed by atoms with E-state index in [4.69, 9.17) is 9.72 Å². The lowest BCUT2D eigenvalue weighted by molar-refractivity contribution is -0.140. The largest absolute Gasteiger partial charge is 0.388 e. The standard InChI is InChI=1S/C27H35N5O5S/c1-27(2,3)23(25(36)32-13-19(33)22-21(32)20(34)14-37-22)29-24(35)17-7-5-16(6-8-17)18-15-38-26(28-18)31-11-9-30(4)10-12-31/h5-8,15,19,21-23,33H,9-14H2,1-4H3,(H,29,35)/t19-,21+,22-,23+/m0/s1. The van der Waals surface area contributed by atoms with E-state index in [0.717, 1.165) is 42.6 Å². The molecule has 11 heteroatoms. The summed E-state index contributed by atoms with van der Waals surface area (Å²) >= 11 is 1.62. The van der Waals surface area contributed by atoms with Crippen molar-refractivity contribution in [2.75, 3.05) is 51.3 Å². The number of carbonyl (C=O) groups is 3. The van der Waals surface area contributed by atoms with Gasteiger partial charge in [0.2, 0.25) is 5.91 Å². The number of anilines is 1. The molecule has 0 spiro atoms. The monoisotopic (exact) mass is 541 g/mol. The van der Waals surface area contributed by atoms with E-state index >= 15 is 0 Å². The van der Waals surface area contributed by atoms with E-state index in [1.54, 1.807) is 23.5 Å². The first-order chi connectivity index (χ1) is 18.0. The molecular weight excluding hydrogens is 506 g/mol. The molecule has 3 fully saturated rings. The van der Waals surface area contributed by atoms with Crippen LogP contribution in [0.1, 0.15) is 31.1 Å². The van der Waals surface area contributed by atoms with Gasteiger partial charge in [-0.3, -0.25) is 14.4 Å². The molecule has 4 atom stereocenters. The number of piperazine rings is 1. The van der Waals surface area contributed by atoms with Gasteiger partial charge in [-0.05, 0) is 24.6 Å². The van der Waals surface area contributed by atoms with Crippen LogP contribution in [0.3, 0.4) is 0 Å². The third-order valence-electron chi connectivity index (χ3n) is 7.54. The van der Waals surface area contributed by atoms with Crippen molar-refractivity contribution in [1.29, 1.82) is 0 Å². The molecule has 3 aliphatic rings. The molecule has 0 radical (unpaired) electrons. The van der Waals surface area contributed by atoms with E-state index in [9.17, 15) is 19.5 Å². The van der Waals surface area contributed by atoms with Crippen LogP contribution in [0.15, 0.2) is 29.6 Å². The highest BCUT2D eigenvalue weighted by molar-refractivity contribution is 7.14. The van der Waals surface area contributed by atoms with Crippen molar-refractivity contribution in [3.63, 3.8) is 0 Å². The molecule has 5 rings (SSSR count). The van der Waals surface area contributed by atoms with Crippen LogP contribution in [0, 0.1) is 5.41 Å². The number of nitrogens with zero attached hydrogens (tertiary/aromatic N) is 4. The minimum Gasteiger partial charge on any atom is -0.388 e. The number of ether oxygens (including phenoxy) is 1. The molecule has 2 N–H and O–H groups in total. The van der Waals surface area contributed by atoms with Gasteiger partial charge in [0.05, 0.1) is 12.2 Å². The highest BCUT2D eigenvalue weighted by Gasteiger charge is 2.53. The first kappa shape index (κ1) is 26.7. The molecule has 2 amide bonds. The Balaban J connectivity index is 1.28. The number of ketones is 1. The molecule has 4 heterocycles. The summed E-state index contributed by atoms with van der Waals surface area (Å²) in [5.74, 6) is -1.01. The zero-order chi connectivity index (χ0) is 27.2. The normalized spacial score (nSPS) is 25.0. The minimum atomic E-state index is -0.929. The van der Waals surface area contributed by atoms with Crippen molar-refractivity contribution in [2.45, 2.75) is 45.1 Å². The van der Waals surface area contributed by atoms with E-state index in [-0.39, 0.29) is 24.8 Å². The number of amides is 2. The number of fused-ring (bicyclic) bond motifs is 1. The summed E-state index contributed by atoms with van der Waals surface area (Å²) in [6, 6.07) is 5.48. The second-order valence-corrected chi connectivity index (χ2v) is 12.2. The van der Waals surface area contributed by atoms with Gasteiger partial charge >= 0.3 is 0 Å². The number of hydrogen-bond acceptors (Lipinski definition) is 9. The van der Waals surface area contributed by atoms with Crippen LogP contribution in [0.5, 0.6) is 0 Å². The van der Waals surface area contributed by atoms with Gasteiger partial charge in [-0.2, -0.15) is 0 Å². The summed E-state index contributed by atoms with van der Waals surface area (Å²) in [5, 5.41) is 16.2. The number of benzene rings is 1. The molecule has 38 heavy (non-hydrogen) atoms. The molecule has 3 saturated heterocycles. The number of aromatic nitrogens is 1. The lowest BCUT2D eigenvalue weighted by Gasteiger charge is -2.34. The Morgan fingerprint density at radius 1 is 1.16 bits per heavy atom. The number of likely N-dealkylation sites (tertiary alicyclic amines) is 1. The number of nitrogens with one attached hydrogen (secondary N) is 1. The highest BCUT2D eigenvalue weighted by atomic mass is 32.1. The number of rotatable bonds is 5. The number of hydrogen-bond donors (Lipinski definition) is 2. The van der Waals surface area contributed by atoms with Crippen molar-refractivity contribution >= 4 is 34.1 Å². The topological polar surface area (TPSA) is 115 Å². The fraction of sp³-hybridized carbons (Fsp3) is 0.556. The molecule has 3 aliphatic heterocycles. The summed E-state index contributed by atoms with van der Waals surface area (Å²) in [4.78, 5) is 49.9. The van der Waals surface area contributed by atoms with Gasteiger partial charge in [0.15, 0.2) is 10.9 Å². The van der Waals surface area contributed by atoms with Crippen LogP contribution in [0.4, 0.5) is 5.13 Å². The molecule has 0 saturated carbocycles. The zero-order valence-electron chi connectivity index (χ0n) is 22.2. The summed E-state index contributed by atoms with van der Waals surface area (Å²) in [7, 11) is 2.12. The zero-order valence-corrected chi connectivity index (χ0v) is 23.0. The number of aliphatic hydroxyl groups excluding tert-OH is 1. The van der Waals surface area contributed by atoms with E-state index in [1.165, 1.54) is 4.90 Å². The number of β-amino-alcohol motifs (C(OH)–C–C–N with tert-alkyl or cyclic N) is 1. The Hall–Kier alpha value is -2.86. The van der Waals surface area contributed by atoms with Crippen LogP contribution >= 0.6 is 11.3 Å². The molecule has 2 aromatic rings. The van der Waals surface area contributed by atoms with E-state index < -0.39 is 35.6 Å². The lowest BCUT2D eigenvalue weighted by atomic mass is 9.85. The number of Topliss-reactive ketones (excluding diaryl/α,β-unsaturated/α-hetero) is 1. The summed E-state index contributed by atoms with van der Waals surface area (Å²) in [5.41, 5.74) is 1.58. The van der Waals surface area contributed by atoms with Crippen molar-refractivity contribution in [1.82, 2.24) is 20.1 Å². The Bertz CT molecular complexity index is 1200. The minimum absolute atomic E-state index is 0.000806. The molecule has 0 unspecified atom stereocenters. The maximum atomic E-state index is 13.6. The fourth-order valence-electron chi connectivity index (χ4n) is 5.22. The first-order valence-corrected chi connectivity index (χ1v) is 13.8. The van der Waals surface area contributed by atoms with Gasteiger partial charge in [0.1, 0.15) is 30.9 Å². The SMILES string of the molecule is CN1CCN(c2nc(-c3ccc(C(=O)N[C@H](C(=O)N4C[C@H](O)[C@@H]5OCC(=O)[C@H]54)C(C)(C)C)cc3)cs2)CC1. The van der Waals surface area contributed by atoms with Crippen LogP contribution < -0.4 is 10.2 Å². The molecule has 0 bridgehead atoms. The Kier molecular flexibility index (Phi) is 7.29. The van der Waals surface area contributed by atoms with Crippen molar-refractivity contribution in [3.8, 4) is 11.3 Å². The van der Waals surface area contributed by atoms with E-state index in [1.807, 2.05) is 38.3 Å². The molecule has 10 nitrogen and oxygen atoms in total. The molecular formula is C27H35N5O5S. The average molecular weight is 542 g/mol. The van der Waals surface area contributed by atoms with Crippen molar-refractivity contribution in [3.05, 3.63) is 35.2 Å². The van der Waals surface area contributed by atoms with Crippen LogP contribution in [0.25, 0.3) is 11.3 Å². The molecule has 1 aromatic carbocycles. The first-order valence-electron chi connectivity index (χ1n) is 13.0. The number of aliphatic hydroxyl groups is 1. The highest BCUT2D eigenvalue weighted by Crippen LogP contribution is 2.31. The van der Waals surface area contributed by atoms with Gasteiger partial charge in [-0.25, -0.2) is 4.98 Å².